The van der Waals surface area contributed by atoms with Crippen LogP contribution in [0.5, 0.6) is 11.5 Å². The van der Waals surface area contributed by atoms with Crippen LogP contribution in [0.1, 0.15) is 66.4 Å². The Morgan fingerprint density at radius 1 is 0.844 bits per heavy atom. The molecule has 0 spiro atoms. The number of unbranched alkanes of at least 4 members (excludes halogenated alkanes) is 1. The number of nitrogens with zero attached hydrogens (tertiary/aromatic N) is 3. The van der Waals surface area contributed by atoms with Gasteiger partial charge >= 0.3 is 0 Å². The van der Waals surface area contributed by atoms with Crippen molar-refractivity contribution in [2.45, 2.75) is 71.6 Å². The minimum absolute atomic E-state index is 0.326. The van der Waals surface area contributed by atoms with Crippen molar-refractivity contribution < 1.29 is 18.3 Å². The maximum atomic E-state index is 15.5. The van der Waals surface area contributed by atoms with E-state index >= 15 is 4.39 Å². The van der Waals surface area contributed by atoms with Gasteiger partial charge in [-0.3, -0.25) is 4.90 Å². The lowest BCUT2D eigenvalue weighted by molar-refractivity contribution is 0.241. The SMILES string of the molecule is CCCCn1c(C2=CCCC=C2)nc(-c2ccc(F)cc2F)c1CN(Cc1ccc2c(c1)CCO2)Cc1ccc2c(c1)CCO2. The third kappa shape index (κ3) is 6.32. The monoisotopic (exact) mass is 607 g/mol. The minimum Gasteiger partial charge on any atom is -0.493 e. The van der Waals surface area contributed by atoms with Gasteiger partial charge < -0.3 is 14.0 Å². The van der Waals surface area contributed by atoms with Crippen LogP contribution in [-0.4, -0.2) is 27.7 Å². The van der Waals surface area contributed by atoms with Crippen LogP contribution in [0.3, 0.4) is 0 Å². The molecule has 1 aliphatic carbocycles. The lowest BCUT2D eigenvalue weighted by atomic mass is 10.1. The predicted octanol–water partition coefficient (Wildman–Crippen LogP) is 8.43. The molecule has 0 atom stereocenters. The first-order valence-corrected chi connectivity index (χ1v) is 16.2. The van der Waals surface area contributed by atoms with Gasteiger partial charge in [-0.05, 0) is 65.8 Å². The smallest absolute Gasteiger partial charge is 0.140 e. The summed E-state index contributed by atoms with van der Waals surface area (Å²) in [5.74, 6) is 1.59. The summed E-state index contributed by atoms with van der Waals surface area (Å²) >= 11 is 0. The average molecular weight is 608 g/mol. The van der Waals surface area contributed by atoms with Gasteiger partial charge in [-0.15, -0.1) is 0 Å². The van der Waals surface area contributed by atoms with Crippen molar-refractivity contribution in [2.24, 2.45) is 0 Å². The maximum Gasteiger partial charge on any atom is 0.140 e. The summed E-state index contributed by atoms with van der Waals surface area (Å²) in [6.07, 6.45) is 12.3. The first-order valence-electron chi connectivity index (χ1n) is 16.2. The third-order valence-corrected chi connectivity index (χ3v) is 8.94. The molecule has 3 aliphatic rings. The average Bonchev–Trinajstić information content (AvgIpc) is 3.79. The van der Waals surface area contributed by atoms with Gasteiger partial charge in [0.1, 0.15) is 29.0 Å². The number of fused-ring (bicyclic) bond motifs is 2. The summed E-state index contributed by atoms with van der Waals surface area (Å²) in [7, 11) is 0. The van der Waals surface area contributed by atoms with Gasteiger partial charge in [-0.2, -0.15) is 0 Å². The second kappa shape index (κ2) is 13.0. The number of rotatable bonds is 11. The predicted molar refractivity (Wildman–Crippen MR) is 173 cm³/mol. The molecule has 5 nitrogen and oxygen atoms in total. The van der Waals surface area contributed by atoms with Crippen molar-refractivity contribution >= 4 is 5.57 Å². The van der Waals surface area contributed by atoms with Crippen molar-refractivity contribution in [2.75, 3.05) is 13.2 Å². The van der Waals surface area contributed by atoms with E-state index in [4.69, 9.17) is 14.5 Å². The fourth-order valence-electron chi connectivity index (χ4n) is 6.67. The van der Waals surface area contributed by atoms with Crippen molar-refractivity contribution in [3.63, 3.8) is 0 Å². The number of allylic oxidation sites excluding steroid dienone is 4. The van der Waals surface area contributed by atoms with Crippen LogP contribution in [0.2, 0.25) is 0 Å². The molecule has 0 saturated heterocycles. The van der Waals surface area contributed by atoms with Gasteiger partial charge in [-0.25, -0.2) is 13.8 Å². The second-order valence-electron chi connectivity index (χ2n) is 12.2. The van der Waals surface area contributed by atoms with Crippen LogP contribution < -0.4 is 9.47 Å². The molecule has 0 unspecified atom stereocenters. The lowest BCUT2D eigenvalue weighted by Crippen LogP contribution is -2.25. The van der Waals surface area contributed by atoms with Crippen LogP contribution in [0.15, 0.2) is 72.8 Å². The molecule has 1 aromatic heterocycles. The number of benzene rings is 3. The summed E-state index contributed by atoms with van der Waals surface area (Å²) in [6.45, 7) is 6.32. The summed E-state index contributed by atoms with van der Waals surface area (Å²) in [5.41, 5.74) is 7.78. The van der Waals surface area contributed by atoms with Crippen LogP contribution >= 0.6 is 0 Å². The van der Waals surface area contributed by atoms with E-state index in [1.54, 1.807) is 0 Å². The fraction of sp³-hybridized carbons (Fsp3) is 0.342. The first kappa shape index (κ1) is 29.5. The Hall–Kier alpha value is -4.23. The lowest BCUT2D eigenvalue weighted by Gasteiger charge is -2.25. The van der Waals surface area contributed by atoms with E-state index in [1.165, 1.54) is 34.4 Å². The topological polar surface area (TPSA) is 39.5 Å². The Balaban J connectivity index is 1.33. The normalized spacial score (nSPS) is 15.2. The zero-order valence-electron chi connectivity index (χ0n) is 25.8. The van der Waals surface area contributed by atoms with E-state index in [9.17, 15) is 4.39 Å². The molecule has 0 amide bonds. The Bertz CT molecular complexity index is 1710. The molecule has 3 aromatic carbocycles. The highest BCUT2D eigenvalue weighted by molar-refractivity contribution is 5.74. The minimum atomic E-state index is -0.597. The molecule has 7 rings (SSSR count). The van der Waals surface area contributed by atoms with Gasteiger partial charge in [-0.1, -0.05) is 55.8 Å². The van der Waals surface area contributed by atoms with Gasteiger partial charge in [0.25, 0.3) is 0 Å². The molecule has 7 heteroatoms. The molecular weight excluding hydrogens is 568 g/mol. The molecule has 0 saturated carbocycles. The molecule has 45 heavy (non-hydrogen) atoms. The van der Waals surface area contributed by atoms with Crippen LogP contribution in [0.4, 0.5) is 8.78 Å². The zero-order valence-corrected chi connectivity index (χ0v) is 25.8. The highest BCUT2D eigenvalue weighted by atomic mass is 19.1. The maximum absolute atomic E-state index is 15.5. The van der Waals surface area contributed by atoms with Crippen LogP contribution in [0, 0.1) is 11.6 Å². The molecule has 0 N–H and O–H groups in total. The van der Waals surface area contributed by atoms with E-state index in [2.05, 4.69) is 71.0 Å². The van der Waals surface area contributed by atoms with Crippen molar-refractivity contribution in [1.29, 1.82) is 0 Å². The molecule has 0 radical (unpaired) electrons. The number of imidazole rings is 1. The fourth-order valence-corrected chi connectivity index (χ4v) is 6.67. The molecular formula is C38H39F2N3O2. The standard InChI is InChI=1S/C38H39F2N3O2/c1-2-3-17-43-34(37(32-12-11-31(39)22-33(32)40)41-38(43)28-7-5-4-6-8-28)25-42(23-26-9-13-35-29(20-26)15-18-44-35)24-27-10-14-36-30(21-27)16-19-45-36/h5,7-14,20-22H,2-4,6,15-19,23-25H2,1H3. The highest BCUT2D eigenvalue weighted by Crippen LogP contribution is 2.34. The number of halogens is 2. The summed E-state index contributed by atoms with van der Waals surface area (Å²) in [6, 6.07) is 16.8. The number of hydrogen-bond donors (Lipinski definition) is 0. The summed E-state index contributed by atoms with van der Waals surface area (Å²) in [5, 5.41) is 0. The molecule has 3 heterocycles. The van der Waals surface area contributed by atoms with E-state index in [0.29, 0.717) is 30.9 Å². The van der Waals surface area contributed by atoms with E-state index in [-0.39, 0.29) is 0 Å². The highest BCUT2D eigenvalue weighted by Gasteiger charge is 2.25. The van der Waals surface area contributed by atoms with Crippen LogP contribution in [0.25, 0.3) is 16.8 Å². The largest absolute Gasteiger partial charge is 0.493 e. The van der Waals surface area contributed by atoms with Crippen molar-refractivity contribution in [1.82, 2.24) is 14.5 Å². The van der Waals surface area contributed by atoms with Gasteiger partial charge in [0.15, 0.2) is 0 Å². The Labute approximate surface area is 263 Å². The van der Waals surface area contributed by atoms with Crippen molar-refractivity contribution in [3.8, 4) is 22.8 Å². The molecule has 2 aliphatic heterocycles. The number of ether oxygens (including phenoxy) is 2. The van der Waals surface area contributed by atoms with Gasteiger partial charge in [0, 0.05) is 56.2 Å². The quantitative estimate of drug-likeness (QED) is 0.172. The second-order valence-corrected chi connectivity index (χ2v) is 12.2. The molecule has 0 bridgehead atoms. The zero-order chi connectivity index (χ0) is 30.8. The van der Waals surface area contributed by atoms with E-state index in [1.807, 2.05) is 0 Å². The Morgan fingerprint density at radius 3 is 2.18 bits per heavy atom. The third-order valence-electron chi connectivity index (χ3n) is 8.94. The summed E-state index contributed by atoms with van der Waals surface area (Å²) in [4.78, 5) is 7.54. The van der Waals surface area contributed by atoms with Gasteiger partial charge in [0.05, 0.1) is 24.6 Å². The van der Waals surface area contributed by atoms with E-state index < -0.39 is 11.6 Å². The molecule has 0 fully saturated rings. The van der Waals surface area contributed by atoms with Crippen LogP contribution in [-0.2, 0) is 39.0 Å². The Kier molecular flexibility index (Phi) is 8.53. The van der Waals surface area contributed by atoms with Gasteiger partial charge in [0.2, 0.25) is 0 Å². The molecule has 232 valence electrons. The Morgan fingerprint density at radius 2 is 1.56 bits per heavy atom. The summed E-state index contributed by atoms with van der Waals surface area (Å²) < 4.78 is 43.4. The van der Waals surface area contributed by atoms with E-state index in [0.717, 1.165) is 92.9 Å². The van der Waals surface area contributed by atoms with Crippen molar-refractivity contribution in [3.05, 3.63) is 118 Å². The number of hydrogen-bond acceptors (Lipinski definition) is 4. The number of aromatic nitrogens is 2. The first-order chi connectivity index (χ1) is 22.1. The molecule has 4 aromatic rings.